The minimum atomic E-state index is -0.877. The zero-order valence-corrected chi connectivity index (χ0v) is 28.7. The summed E-state index contributed by atoms with van der Waals surface area (Å²) in [5.41, 5.74) is 0. The first-order valence-electron chi connectivity index (χ1n) is 17.6. The normalized spacial score (nSPS) is 13.0. The number of ether oxygens (including phenoxy) is 3. The Labute approximate surface area is 264 Å². The predicted molar refractivity (Wildman–Crippen MR) is 174 cm³/mol. The molecule has 0 aliphatic heterocycles. The van der Waals surface area contributed by atoms with E-state index < -0.39 is 18.1 Å². The number of esters is 2. The molecule has 0 fully saturated rings. The molecule has 8 heteroatoms. The third-order valence-corrected chi connectivity index (χ3v) is 8.01. The van der Waals surface area contributed by atoms with Crippen LogP contribution in [0, 0.1) is 0 Å². The Morgan fingerprint density at radius 1 is 0.605 bits per heavy atom. The minimum absolute atomic E-state index is 0.0506. The molecule has 43 heavy (non-hydrogen) atoms. The zero-order chi connectivity index (χ0) is 32.2. The van der Waals surface area contributed by atoms with E-state index in [1.54, 1.807) is 0 Å². The molecule has 0 aromatic rings. The van der Waals surface area contributed by atoms with Crippen molar-refractivity contribution in [2.45, 2.75) is 167 Å². The maximum atomic E-state index is 12.5. The Morgan fingerprint density at radius 2 is 1.05 bits per heavy atom. The van der Waals surface area contributed by atoms with Crippen molar-refractivity contribution in [1.29, 1.82) is 0 Å². The summed E-state index contributed by atoms with van der Waals surface area (Å²) in [7, 11) is 5.50. The van der Waals surface area contributed by atoms with Crippen LogP contribution in [0.25, 0.3) is 0 Å². The Balaban J connectivity index is 4.10. The molecular weight excluding hydrogens is 546 g/mol. The monoisotopic (exact) mass is 614 g/mol. The number of carbonyl (C=O) groups is 3. The number of unbranched alkanes of at least 4 members (excludes halogenated alkanes) is 17. The summed E-state index contributed by atoms with van der Waals surface area (Å²) in [6.07, 6.45) is 23.8. The first kappa shape index (κ1) is 41.3. The maximum Gasteiger partial charge on any atom is 0.362 e. The van der Waals surface area contributed by atoms with Crippen LogP contribution < -0.4 is 0 Å². The van der Waals surface area contributed by atoms with Crippen LogP contribution in [0.1, 0.15) is 155 Å². The largest absolute Gasteiger partial charge is 0.477 e. The quantitative estimate of drug-likeness (QED) is 0.0477. The fraction of sp³-hybridized carbons (Fsp3) is 0.914. The van der Waals surface area contributed by atoms with E-state index in [-0.39, 0.29) is 36.2 Å². The van der Waals surface area contributed by atoms with Crippen LogP contribution in [0.5, 0.6) is 0 Å². The number of hydrogen-bond acceptors (Lipinski definition) is 6. The number of quaternary nitrogens is 1. The maximum absolute atomic E-state index is 12.5. The van der Waals surface area contributed by atoms with Gasteiger partial charge in [0.2, 0.25) is 0 Å². The molecule has 0 bridgehead atoms. The summed E-state index contributed by atoms with van der Waals surface area (Å²) in [4.78, 5) is 36.0. The Morgan fingerprint density at radius 3 is 1.49 bits per heavy atom. The minimum Gasteiger partial charge on any atom is -0.477 e. The molecule has 0 saturated heterocycles. The molecule has 0 aromatic heterocycles. The summed E-state index contributed by atoms with van der Waals surface area (Å²) >= 11 is 0. The lowest BCUT2D eigenvalue weighted by Gasteiger charge is -2.31. The molecule has 0 aliphatic rings. The molecule has 0 aliphatic carbocycles. The average Bonchev–Trinajstić information content (AvgIpc) is 2.95. The lowest BCUT2D eigenvalue weighted by atomic mass is 10.0. The topological polar surface area (TPSA) is 99.1 Å². The lowest BCUT2D eigenvalue weighted by molar-refractivity contribution is -0.887. The van der Waals surface area contributed by atoms with E-state index in [0.29, 0.717) is 19.3 Å². The molecule has 0 amide bonds. The molecule has 2 unspecified atom stereocenters. The molecule has 0 saturated carbocycles. The van der Waals surface area contributed by atoms with E-state index in [9.17, 15) is 19.5 Å². The molecule has 0 aromatic carbocycles. The van der Waals surface area contributed by atoms with E-state index in [1.807, 2.05) is 28.1 Å². The first-order chi connectivity index (χ1) is 20.6. The van der Waals surface area contributed by atoms with Crippen molar-refractivity contribution in [3.63, 3.8) is 0 Å². The standard InChI is InChI=1S/C35H67NO7/c1-6-8-10-11-12-13-14-15-16-17-18-19-20-21-22-23-24-26-34(38)43-31(30-42-33(37)25-9-7-2)29-41-28-27-32(35(39)40)36(3,4)5/h31-32H,6-30H2,1-5H3/p+1. The summed E-state index contributed by atoms with van der Waals surface area (Å²) < 4.78 is 16.9. The van der Waals surface area contributed by atoms with Gasteiger partial charge in [-0.15, -0.1) is 0 Å². The highest BCUT2D eigenvalue weighted by Gasteiger charge is 2.31. The van der Waals surface area contributed by atoms with Gasteiger partial charge in [-0.1, -0.05) is 123 Å². The van der Waals surface area contributed by atoms with Crippen molar-refractivity contribution in [1.82, 2.24) is 0 Å². The van der Waals surface area contributed by atoms with Crippen molar-refractivity contribution in [3.05, 3.63) is 0 Å². The second-order valence-corrected chi connectivity index (χ2v) is 13.1. The highest BCUT2D eigenvalue weighted by atomic mass is 16.6. The SMILES string of the molecule is CCCCCCCCCCCCCCCCCCCC(=O)OC(COCCC(C(=O)O)[N+](C)(C)C)COC(=O)CCCC. The van der Waals surface area contributed by atoms with Crippen LogP contribution in [-0.2, 0) is 28.6 Å². The number of carbonyl (C=O) groups excluding carboxylic acids is 2. The van der Waals surface area contributed by atoms with Gasteiger partial charge in [0, 0.05) is 19.3 Å². The van der Waals surface area contributed by atoms with Gasteiger partial charge in [-0.25, -0.2) is 4.79 Å². The number of nitrogens with zero attached hydrogens (tertiary/aromatic N) is 1. The summed E-state index contributed by atoms with van der Waals surface area (Å²) in [5, 5.41) is 9.50. The average molecular weight is 615 g/mol. The van der Waals surface area contributed by atoms with Crippen molar-refractivity contribution in [3.8, 4) is 0 Å². The van der Waals surface area contributed by atoms with E-state index in [1.165, 1.54) is 89.9 Å². The molecule has 0 spiro atoms. The van der Waals surface area contributed by atoms with Crippen LogP contribution in [0.3, 0.4) is 0 Å². The number of hydrogen-bond donors (Lipinski definition) is 1. The lowest BCUT2D eigenvalue weighted by Crippen LogP contribution is -2.50. The highest BCUT2D eigenvalue weighted by molar-refractivity contribution is 5.72. The molecular formula is C35H68NO7+. The predicted octanol–water partition coefficient (Wildman–Crippen LogP) is 8.24. The number of carboxylic acids is 1. The van der Waals surface area contributed by atoms with Gasteiger partial charge in [0.05, 0.1) is 34.4 Å². The smallest absolute Gasteiger partial charge is 0.362 e. The Bertz CT molecular complexity index is 692. The van der Waals surface area contributed by atoms with Gasteiger partial charge in [0.25, 0.3) is 0 Å². The van der Waals surface area contributed by atoms with Crippen molar-refractivity contribution >= 4 is 17.9 Å². The van der Waals surface area contributed by atoms with Gasteiger partial charge in [-0.3, -0.25) is 9.59 Å². The highest BCUT2D eigenvalue weighted by Crippen LogP contribution is 2.15. The van der Waals surface area contributed by atoms with Gasteiger partial charge in [-0.2, -0.15) is 0 Å². The summed E-state index contributed by atoms with van der Waals surface area (Å²) in [5.74, 6) is -1.50. The molecule has 1 N–H and O–H groups in total. The van der Waals surface area contributed by atoms with Crippen LogP contribution in [0.15, 0.2) is 0 Å². The van der Waals surface area contributed by atoms with Crippen LogP contribution in [0.2, 0.25) is 0 Å². The molecule has 0 heterocycles. The summed E-state index contributed by atoms with van der Waals surface area (Å²) in [6.45, 7) is 4.50. The van der Waals surface area contributed by atoms with E-state index in [2.05, 4.69) is 6.92 Å². The van der Waals surface area contributed by atoms with E-state index >= 15 is 0 Å². The third-order valence-electron chi connectivity index (χ3n) is 8.01. The van der Waals surface area contributed by atoms with E-state index in [4.69, 9.17) is 14.2 Å². The van der Waals surface area contributed by atoms with Gasteiger partial charge in [0.1, 0.15) is 6.61 Å². The molecule has 8 nitrogen and oxygen atoms in total. The van der Waals surface area contributed by atoms with Crippen LogP contribution >= 0.6 is 0 Å². The van der Waals surface area contributed by atoms with Crippen LogP contribution in [0.4, 0.5) is 0 Å². The number of rotatable bonds is 31. The molecule has 2 atom stereocenters. The number of likely N-dealkylation sites (N-methyl/N-ethyl adjacent to an activating group) is 1. The van der Waals surface area contributed by atoms with Gasteiger partial charge in [0.15, 0.2) is 12.1 Å². The Kier molecular flexibility index (Phi) is 26.8. The van der Waals surface area contributed by atoms with E-state index in [0.717, 1.165) is 32.1 Å². The van der Waals surface area contributed by atoms with Crippen molar-refractivity contribution in [2.24, 2.45) is 0 Å². The molecule has 254 valence electrons. The molecule has 0 rings (SSSR count). The first-order valence-corrected chi connectivity index (χ1v) is 17.6. The van der Waals surface area contributed by atoms with Crippen molar-refractivity contribution in [2.75, 3.05) is 41.0 Å². The fourth-order valence-corrected chi connectivity index (χ4v) is 5.19. The third kappa shape index (κ3) is 26.5. The summed E-state index contributed by atoms with van der Waals surface area (Å²) in [6, 6.07) is -0.604. The Hall–Kier alpha value is -1.67. The zero-order valence-electron chi connectivity index (χ0n) is 28.7. The number of carboxylic acid groups (broad SMARTS) is 1. The second-order valence-electron chi connectivity index (χ2n) is 13.1. The number of aliphatic carboxylic acids is 1. The fourth-order valence-electron chi connectivity index (χ4n) is 5.19. The molecule has 0 radical (unpaired) electrons. The van der Waals surface area contributed by atoms with Gasteiger partial charge < -0.3 is 23.8 Å². The second kappa shape index (κ2) is 27.8. The van der Waals surface area contributed by atoms with Gasteiger partial charge >= 0.3 is 17.9 Å². The van der Waals surface area contributed by atoms with Crippen LogP contribution in [-0.4, -0.2) is 80.6 Å². The van der Waals surface area contributed by atoms with Gasteiger partial charge in [-0.05, 0) is 12.8 Å². The van der Waals surface area contributed by atoms with Crippen molar-refractivity contribution < 1.29 is 38.2 Å².